The third kappa shape index (κ3) is 6.11. The molecule has 0 aliphatic carbocycles. The van der Waals surface area contributed by atoms with Crippen LogP contribution in [0.2, 0.25) is 0 Å². The number of ketones is 1. The van der Waals surface area contributed by atoms with Crippen molar-refractivity contribution in [1.82, 2.24) is 9.80 Å². The highest BCUT2D eigenvalue weighted by atomic mass is 19.1. The van der Waals surface area contributed by atoms with E-state index in [0.717, 1.165) is 45.3 Å². The van der Waals surface area contributed by atoms with E-state index in [-0.39, 0.29) is 11.3 Å². The lowest BCUT2D eigenvalue weighted by molar-refractivity contribution is -0.140. The lowest BCUT2D eigenvalue weighted by atomic mass is 9.95. The van der Waals surface area contributed by atoms with E-state index < -0.39 is 23.5 Å². The average Bonchev–Trinajstić information content (AvgIpc) is 3.10. The fourth-order valence-corrected chi connectivity index (χ4v) is 4.45. The van der Waals surface area contributed by atoms with Crippen LogP contribution >= 0.6 is 0 Å². The van der Waals surface area contributed by atoms with Gasteiger partial charge in [0.15, 0.2) is 0 Å². The van der Waals surface area contributed by atoms with Crippen LogP contribution in [0.25, 0.3) is 5.76 Å². The van der Waals surface area contributed by atoms with Crippen molar-refractivity contribution < 1.29 is 19.1 Å². The molecule has 34 heavy (non-hydrogen) atoms. The standard InChI is InChI=1S/C28H35FN2O3/c1-3-5-16-30(17-6-4-2)18-11-19-31-25(22-14-10-15-23(29)20-22)24(27(33)28(31)34)26(32)21-12-8-7-9-13-21/h7-10,12-15,20,25,32H,3-6,11,16-19H2,1-2H3/t25-/m1/s1. The second-order valence-corrected chi connectivity index (χ2v) is 8.82. The Bertz CT molecular complexity index is 998. The van der Waals surface area contributed by atoms with Gasteiger partial charge in [-0.1, -0.05) is 69.2 Å². The van der Waals surface area contributed by atoms with Gasteiger partial charge in [-0.2, -0.15) is 0 Å². The minimum Gasteiger partial charge on any atom is -0.507 e. The van der Waals surface area contributed by atoms with Crippen molar-refractivity contribution in [3.05, 3.63) is 77.1 Å². The molecule has 1 fully saturated rings. The van der Waals surface area contributed by atoms with Crippen LogP contribution < -0.4 is 0 Å². The van der Waals surface area contributed by atoms with Crippen LogP contribution in [0.3, 0.4) is 0 Å². The highest BCUT2D eigenvalue weighted by molar-refractivity contribution is 6.46. The molecule has 0 radical (unpaired) electrons. The molecule has 5 nitrogen and oxygen atoms in total. The lowest BCUT2D eigenvalue weighted by Crippen LogP contribution is -2.34. The van der Waals surface area contributed by atoms with Gasteiger partial charge >= 0.3 is 0 Å². The highest BCUT2D eigenvalue weighted by Gasteiger charge is 2.45. The molecule has 0 saturated carbocycles. The Hall–Kier alpha value is -2.99. The normalized spacial score (nSPS) is 17.6. The second-order valence-electron chi connectivity index (χ2n) is 8.82. The maximum Gasteiger partial charge on any atom is 0.295 e. The number of amides is 1. The fourth-order valence-electron chi connectivity index (χ4n) is 4.45. The minimum atomic E-state index is -0.823. The predicted molar refractivity (Wildman–Crippen MR) is 133 cm³/mol. The molecule has 0 unspecified atom stereocenters. The molecule has 0 aromatic heterocycles. The summed E-state index contributed by atoms with van der Waals surface area (Å²) in [6.45, 7) is 7.53. The first-order valence-corrected chi connectivity index (χ1v) is 12.3. The maximum absolute atomic E-state index is 14.1. The molecule has 182 valence electrons. The zero-order valence-corrected chi connectivity index (χ0v) is 20.2. The molecule has 2 aromatic rings. The van der Waals surface area contributed by atoms with E-state index in [9.17, 15) is 19.1 Å². The van der Waals surface area contributed by atoms with E-state index in [1.165, 1.54) is 17.0 Å². The van der Waals surface area contributed by atoms with Crippen molar-refractivity contribution in [3.8, 4) is 0 Å². The number of likely N-dealkylation sites (tertiary alicyclic amines) is 1. The molecule has 1 atom stereocenters. The molecule has 2 aromatic carbocycles. The molecule has 3 rings (SSSR count). The fraction of sp³-hybridized carbons (Fsp3) is 0.429. The topological polar surface area (TPSA) is 60.9 Å². The van der Waals surface area contributed by atoms with Crippen molar-refractivity contribution in [1.29, 1.82) is 0 Å². The molecule has 6 heteroatoms. The number of carbonyl (C=O) groups is 2. The van der Waals surface area contributed by atoms with Gasteiger partial charge in [0.1, 0.15) is 11.6 Å². The Labute approximate surface area is 201 Å². The molecule has 1 saturated heterocycles. The number of aliphatic hydroxyl groups is 1. The number of carbonyl (C=O) groups excluding carboxylic acids is 2. The van der Waals surface area contributed by atoms with E-state index >= 15 is 0 Å². The van der Waals surface area contributed by atoms with Gasteiger partial charge < -0.3 is 14.9 Å². The van der Waals surface area contributed by atoms with Crippen molar-refractivity contribution in [2.24, 2.45) is 0 Å². The van der Waals surface area contributed by atoms with Crippen LogP contribution in [0.5, 0.6) is 0 Å². The SMILES string of the molecule is CCCCN(CCCC)CCCN1C(=O)C(=O)C(=C(O)c2ccccc2)[C@H]1c1cccc(F)c1. The molecule has 1 heterocycles. The van der Waals surface area contributed by atoms with Crippen LogP contribution in [0.4, 0.5) is 4.39 Å². The van der Waals surface area contributed by atoms with Gasteiger partial charge in [0, 0.05) is 12.1 Å². The van der Waals surface area contributed by atoms with Crippen molar-refractivity contribution in [2.45, 2.75) is 52.0 Å². The maximum atomic E-state index is 14.1. The Kier molecular flexibility index (Phi) is 9.40. The van der Waals surface area contributed by atoms with Gasteiger partial charge in [-0.15, -0.1) is 0 Å². The second kappa shape index (κ2) is 12.5. The Morgan fingerprint density at radius 1 is 0.941 bits per heavy atom. The summed E-state index contributed by atoms with van der Waals surface area (Å²) in [5.74, 6) is -2.07. The average molecular weight is 467 g/mol. The molecule has 1 N–H and O–H groups in total. The van der Waals surface area contributed by atoms with E-state index in [1.807, 2.05) is 6.07 Å². The zero-order valence-electron chi connectivity index (χ0n) is 20.2. The Balaban J connectivity index is 1.89. The van der Waals surface area contributed by atoms with Gasteiger partial charge in [0.2, 0.25) is 0 Å². The van der Waals surface area contributed by atoms with E-state index in [0.29, 0.717) is 24.1 Å². The van der Waals surface area contributed by atoms with Gasteiger partial charge in [-0.25, -0.2) is 4.39 Å². The van der Waals surface area contributed by atoms with Crippen LogP contribution in [0.15, 0.2) is 60.2 Å². The van der Waals surface area contributed by atoms with Gasteiger partial charge in [-0.05, 0) is 56.6 Å². The largest absolute Gasteiger partial charge is 0.507 e. The van der Waals surface area contributed by atoms with E-state index in [2.05, 4.69) is 18.7 Å². The molecule has 0 spiro atoms. The number of benzene rings is 2. The van der Waals surface area contributed by atoms with Gasteiger partial charge in [0.05, 0.1) is 11.6 Å². The van der Waals surface area contributed by atoms with Crippen molar-refractivity contribution >= 4 is 17.4 Å². The Morgan fingerprint density at radius 2 is 1.59 bits per heavy atom. The van der Waals surface area contributed by atoms with Gasteiger partial charge in [-0.3, -0.25) is 9.59 Å². The van der Waals surface area contributed by atoms with Crippen LogP contribution in [0, 0.1) is 5.82 Å². The summed E-state index contributed by atoms with van der Waals surface area (Å²) in [5, 5.41) is 11.0. The minimum absolute atomic E-state index is 0.00984. The van der Waals surface area contributed by atoms with Crippen LogP contribution in [0.1, 0.15) is 63.1 Å². The third-order valence-corrected chi connectivity index (χ3v) is 6.28. The number of halogens is 1. The van der Waals surface area contributed by atoms with E-state index in [4.69, 9.17) is 0 Å². The predicted octanol–water partition coefficient (Wildman–Crippen LogP) is 5.54. The number of nitrogens with zero attached hydrogens (tertiary/aromatic N) is 2. The molecule has 1 amide bonds. The summed E-state index contributed by atoms with van der Waals surface area (Å²) in [6.07, 6.45) is 5.17. The molecular formula is C28H35FN2O3. The molecule has 1 aliphatic rings. The summed E-state index contributed by atoms with van der Waals surface area (Å²) in [4.78, 5) is 30.0. The van der Waals surface area contributed by atoms with Crippen LogP contribution in [-0.2, 0) is 9.59 Å². The first kappa shape index (κ1) is 25.6. The summed E-state index contributed by atoms with van der Waals surface area (Å²) in [7, 11) is 0. The Morgan fingerprint density at radius 3 is 2.21 bits per heavy atom. The first-order valence-electron chi connectivity index (χ1n) is 12.3. The summed E-state index contributed by atoms with van der Waals surface area (Å²) < 4.78 is 14.1. The summed E-state index contributed by atoms with van der Waals surface area (Å²) >= 11 is 0. The number of Topliss-reactive ketones (excluding diaryl/α,β-unsaturated/α-hetero) is 1. The first-order chi connectivity index (χ1) is 16.5. The molecule has 1 aliphatic heterocycles. The number of rotatable bonds is 12. The number of unbranched alkanes of at least 4 members (excludes halogenated alkanes) is 2. The van der Waals surface area contributed by atoms with Crippen molar-refractivity contribution in [2.75, 3.05) is 26.2 Å². The van der Waals surface area contributed by atoms with Crippen LogP contribution in [-0.4, -0.2) is 52.8 Å². The van der Waals surface area contributed by atoms with Crippen molar-refractivity contribution in [3.63, 3.8) is 0 Å². The monoisotopic (exact) mass is 466 g/mol. The number of aliphatic hydroxyl groups excluding tert-OH is 1. The highest BCUT2D eigenvalue weighted by Crippen LogP contribution is 2.39. The lowest BCUT2D eigenvalue weighted by Gasteiger charge is -2.27. The van der Waals surface area contributed by atoms with E-state index in [1.54, 1.807) is 36.4 Å². The quantitative estimate of drug-likeness (QED) is 0.253. The number of hydrogen-bond acceptors (Lipinski definition) is 4. The zero-order chi connectivity index (χ0) is 24.5. The number of hydrogen-bond donors (Lipinski definition) is 1. The molecular weight excluding hydrogens is 431 g/mol. The molecule has 0 bridgehead atoms. The van der Waals surface area contributed by atoms with Gasteiger partial charge in [0.25, 0.3) is 11.7 Å². The smallest absolute Gasteiger partial charge is 0.295 e. The summed E-state index contributed by atoms with van der Waals surface area (Å²) in [6, 6.07) is 13.8. The summed E-state index contributed by atoms with van der Waals surface area (Å²) in [5.41, 5.74) is 0.938. The third-order valence-electron chi connectivity index (χ3n) is 6.28.